The zero-order valence-electron chi connectivity index (χ0n) is 21.2. The van der Waals surface area contributed by atoms with Gasteiger partial charge in [0.2, 0.25) is 5.88 Å². The Kier molecular flexibility index (Phi) is 7.51. The Morgan fingerprint density at radius 3 is 2.12 bits per heavy atom. The number of methoxy groups -OCH3 is 1. The molecule has 0 aliphatic carbocycles. The average molecular weight is 467 g/mol. The van der Waals surface area contributed by atoms with Gasteiger partial charge in [-0.25, -0.2) is 9.18 Å². The Morgan fingerprint density at radius 1 is 0.971 bits per heavy atom. The van der Waals surface area contributed by atoms with Crippen LogP contribution in [0.3, 0.4) is 0 Å². The van der Waals surface area contributed by atoms with Crippen LogP contribution in [0.5, 0.6) is 0 Å². The number of anilines is 1. The molecule has 0 saturated heterocycles. The van der Waals surface area contributed by atoms with Gasteiger partial charge >= 0.3 is 5.97 Å². The van der Waals surface area contributed by atoms with Crippen molar-refractivity contribution >= 4 is 11.9 Å². The largest absolute Gasteiger partial charge is 0.465 e. The lowest BCUT2D eigenvalue weighted by atomic mass is 9.97. The third-order valence-corrected chi connectivity index (χ3v) is 5.49. The number of nitrogens with zero attached hydrogens (tertiary/aromatic N) is 1. The van der Waals surface area contributed by atoms with Gasteiger partial charge in [-0.3, -0.25) is 0 Å². The van der Waals surface area contributed by atoms with Crippen LogP contribution >= 0.6 is 0 Å². The number of carbonyl (C=O) groups excluding carboxylic acids is 1. The summed E-state index contributed by atoms with van der Waals surface area (Å²) in [6.45, 7) is 14.1. The molecule has 0 atom stereocenters. The van der Waals surface area contributed by atoms with Crippen LogP contribution < -0.4 is 10.2 Å². The van der Waals surface area contributed by atoms with Crippen LogP contribution in [0, 0.1) is 5.82 Å². The van der Waals surface area contributed by atoms with Crippen molar-refractivity contribution in [2.24, 2.45) is 0 Å². The van der Waals surface area contributed by atoms with Crippen molar-refractivity contribution in [3.05, 3.63) is 66.0 Å². The van der Waals surface area contributed by atoms with E-state index in [0.29, 0.717) is 34.9 Å². The molecule has 0 aliphatic rings. The van der Waals surface area contributed by atoms with E-state index >= 15 is 0 Å². The van der Waals surface area contributed by atoms with Crippen molar-refractivity contribution in [2.45, 2.75) is 52.6 Å². The van der Waals surface area contributed by atoms with Gasteiger partial charge in [0.15, 0.2) is 5.76 Å². The highest BCUT2D eigenvalue weighted by atomic mass is 19.1. The topological polar surface area (TPSA) is 54.7 Å². The van der Waals surface area contributed by atoms with Crippen molar-refractivity contribution in [2.75, 3.05) is 25.1 Å². The molecule has 0 spiro atoms. The van der Waals surface area contributed by atoms with Crippen LogP contribution in [0.1, 0.15) is 51.9 Å². The highest BCUT2D eigenvalue weighted by molar-refractivity contribution is 6.06. The Balaban J connectivity index is 2.27. The van der Waals surface area contributed by atoms with Crippen LogP contribution in [-0.4, -0.2) is 37.2 Å². The number of benzene rings is 2. The molecule has 0 unspecified atom stereocenters. The number of ether oxygens (including phenoxy) is 1. The first-order chi connectivity index (χ1) is 15.9. The molecule has 5 nitrogen and oxygen atoms in total. The van der Waals surface area contributed by atoms with E-state index in [9.17, 15) is 9.18 Å². The minimum Gasteiger partial charge on any atom is -0.465 e. The molecular formula is C28H35FN2O3. The molecule has 0 saturated carbocycles. The molecule has 0 fully saturated rings. The average Bonchev–Trinajstić information content (AvgIpc) is 3.15. The van der Waals surface area contributed by atoms with Gasteiger partial charge in [0.1, 0.15) is 11.4 Å². The van der Waals surface area contributed by atoms with Crippen molar-refractivity contribution in [1.82, 2.24) is 5.32 Å². The lowest BCUT2D eigenvalue weighted by molar-refractivity contribution is 0.0602. The normalized spacial score (nSPS) is 12.0. The second-order valence-electron chi connectivity index (χ2n) is 10.4. The summed E-state index contributed by atoms with van der Waals surface area (Å²) in [6.07, 6.45) is 0. The molecule has 34 heavy (non-hydrogen) atoms. The highest BCUT2D eigenvalue weighted by Gasteiger charge is 2.34. The van der Waals surface area contributed by atoms with Crippen LogP contribution in [0.2, 0.25) is 0 Å². The summed E-state index contributed by atoms with van der Waals surface area (Å²) in [5, 5.41) is 3.53. The molecule has 182 valence electrons. The maximum Gasteiger partial charge on any atom is 0.342 e. The zero-order valence-corrected chi connectivity index (χ0v) is 21.2. The van der Waals surface area contributed by atoms with Crippen molar-refractivity contribution < 1.29 is 18.3 Å². The molecule has 0 bridgehead atoms. The quantitative estimate of drug-likeness (QED) is 0.401. The number of nitrogens with one attached hydrogen (secondary N) is 1. The maximum atomic E-state index is 13.7. The smallest absolute Gasteiger partial charge is 0.342 e. The summed E-state index contributed by atoms with van der Waals surface area (Å²) in [7, 11) is 1.35. The summed E-state index contributed by atoms with van der Waals surface area (Å²) < 4.78 is 25.3. The fraction of sp³-hybridized carbons (Fsp3) is 0.393. The number of hydrogen-bond donors (Lipinski definition) is 1. The van der Waals surface area contributed by atoms with E-state index < -0.39 is 5.97 Å². The van der Waals surface area contributed by atoms with Crippen LogP contribution in [0.25, 0.3) is 22.5 Å². The van der Waals surface area contributed by atoms with Gasteiger partial charge in [-0.05, 0) is 71.4 Å². The molecule has 0 aliphatic heterocycles. The monoisotopic (exact) mass is 466 g/mol. The number of esters is 1. The fourth-order valence-electron chi connectivity index (χ4n) is 3.87. The molecule has 3 aromatic rings. The first-order valence-corrected chi connectivity index (χ1v) is 11.5. The molecule has 0 amide bonds. The van der Waals surface area contributed by atoms with Crippen molar-refractivity contribution in [3.8, 4) is 22.5 Å². The number of carbonyl (C=O) groups is 1. The van der Waals surface area contributed by atoms with Gasteiger partial charge in [-0.2, -0.15) is 0 Å². The van der Waals surface area contributed by atoms with E-state index in [0.717, 1.165) is 12.1 Å². The molecule has 6 heteroatoms. The van der Waals surface area contributed by atoms with Gasteiger partial charge in [0.05, 0.1) is 12.7 Å². The minimum atomic E-state index is -0.505. The SMILES string of the molecule is COC(=O)c1c(-c2ccc(F)cc2)oc(N(CCNC(C)(C)C)C(C)(C)C)c1-c1ccccc1. The van der Waals surface area contributed by atoms with Gasteiger partial charge in [-0.15, -0.1) is 0 Å². The Hall–Kier alpha value is -3.12. The highest BCUT2D eigenvalue weighted by Crippen LogP contribution is 2.45. The standard InChI is InChI=1S/C28H35FN2O3/c1-27(2,3)30-17-18-31(28(4,5)6)25-22(19-11-9-8-10-12-19)23(26(32)33-7)24(34-25)20-13-15-21(29)16-14-20/h8-16,30H,17-18H2,1-7H3. The first kappa shape index (κ1) is 25.5. The van der Waals surface area contributed by atoms with Crippen molar-refractivity contribution in [3.63, 3.8) is 0 Å². The third-order valence-electron chi connectivity index (χ3n) is 5.49. The summed E-state index contributed by atoms with van der Waals surface area (Å²) >= 11 is 0. The number of hydrogen-bond acceptors (Lipinski definition) is 5. The number of furan rings is 1. The minimum absolute atomic E-state index is 0.0363. The molecule has 2 aromatic carbocycles. The van der Waals surface area contributed by atoms with E-state index in [1.807, 2.05) is 30.3 Å². The van der Waals surface area contributed by atoms with E-state index in [-0.39, 0.29) is 16.9 Å². The Bertz CT molecular complexity index is 1110. The fourth-order valence-corrected chi connectivity index (χ4v) is 3.87. The van der Waals surface area contributed by atoms with E-state index in [4.69, 9.17) is 9.15 Å². The molecule has 0 radical (unpaired) electrons. The zero-order chi connectivity index (χ0) is 25.1. The van der Waals surface area contributed by atoms with Gasteiger partial charge in [0.25, 0.3) is 0 Å². The summed E-state index contributed by atoms with van der Waals surface area (Å²) in [5.41, 5.74) is 2.09. The van der Waals surface area contributed by atoms with Crippen LogP contribution in [0.15, 0.2) is 59.0 Å². The molecule has 1 N–H and O–H groups in total. The first-order valence-electron chi connectivity index (χ1n) is 11.5. The van der Waals surface area contributed by atoms with Gasteiger partial charge < -0.3 is 19.4 Å². The predicted octanol–water partition coefficient (Wildman–Crippen LogP) is 6.53. The molecular weight excluding hydrogens is 431 g/mol. The van der Waals surface area contributed by atoms with Gasteiger partial charge in [0, 0.05) is 29.7 Å². The summed E-state index contributed by atoms with van der Waals surface area (Å²) in [5.74, 6) is 0.0747. The van der Waals surface area contributed by atoms with Crippen LogP contribution in [0.4, 0.5) is 10.3 Å². The predicted molar refractivity (Wildman–Crippen MR) is 136 cm³/mol. The van der Waals surface area contributed by atoms with Gasteiger partial charge in [-0.1, -0.05) is 30.3 Å². The second-order valence-corrected chi connectivity index (χ2v) is 10.4. The maximum absolute atomic E-state index is 13.7. The molecule has 1 heterocycles. The second kappa shape index (κ2) is 10.0. The molecule has 1 aromatic heterocycles. The van der Waals surface area contributed by atoms with E-state index in [1.165, 1.54) is 19.2 Å². The lowest BCUT2D eigenvalue weighted by Gasteiger charge is -2.37. The van der Waals surface area contributed by atoms with Crippen LogP contribution in [-0.2, 0) is 4.74 Å². The Labute approximate surface area is 201 Å². The van der Waals surface area contributed by atoms with E-state index in [1.54, 1.807) is 12.1 Å². The summed E-state index contributed by atoms with van der Waals surface area (Å²) in [4.78, 5) is 15.3. The van der Waals surface area contributed by atoms with Crippen molar-refractivity contribution in [1.29, 1.82) is 0 Å². The number of rotatable bonds is 7. The lowest BCUT2D eigenvalue weighted by Crippen LogP contribution is -2.48. The number of halogens is 1. The Morgan fingerprint density at radius 2 is 1.59 bits per heavy atom. The third kappa shape index (κ3) is 5.86. The molecule has 3 rings (SSSR count). The van der Waals surface area contributed by atoms with E-state index in [2.05, 4.69) is 51.8 Å². The summed E-state index contributed by atoms with van der Waals surface area (Å²) in [6, 6.07) is 15.6.